The molecule has 1 fully saturated rings. The lowest BCUT2D eigenvalue weighted by molar-refractivity contribution is -0.137. The van der Waals surface area contributed by atoms with E-state index in [1.165, 1.54) is 6.07 Å². The van der Waals surface area contributed by atoms with Gasteiger partial charge < -0.3 is 5.73 Å². The van der Waals surface area contributed by atoms with Crippen molar-refractivity contribution < 1.29 is 21.6 Å². The van der Waals surface area contributed by atoms with Gasteiger partial charge in [-0.25, -0.2) is 8.42 Å². The quantitative estimate of drug-likeness (QED) is 0.867. The first-order valence-corrected chi connectivity index (χ1v) is 8.29. The maximum atomic E-state index is 13.0. The fraction of sp³-hybridized carbons (Fsp3) is 0.500. The smallest absolute Gasteiger partial charge is 0.330 e. The molecule has 1 aromatic carbocycles. The molecular weight excluding hydrogens is 367 g/mol. The summed E-state index contributed by atoms with van der Waals surface area (Å²) in [5.41, 5.74) is 3.39. The van der Waals surface area contributed by atoms with Gasteiger partial charge in [0.05, 0.1) is 22.1 Å². The van der Waals surface area contributed by atoms with Gasteiger partial charge in [0, 0.05) is 13.1 Å². The Bertz CT molecular complexity index is 762. The van der Waals surface area contributed by atoms with Crippen molar-refractivity contribution >= 4 is 22.4 Å². The second kappa shape index (κ2) is 6.88. The van der Waals surface area contributed by atoms with Gasteiger partial charge in [-0.1, -0.05) is 6.92 Å². The molecule has 2 rings (SSSR count). The summed E-state index contributed by atoms with van der Waals surface area (Å²) < 4.78 is 65.2. The number of nitrogens with two attached hydrogens (primary N) is 1. The molecule has 5 nitrogen and oxygen atoms in total. The Balaban J connectivity index is 0.00000288. The summed E-state index contributed by atoms with van der Waals surface area (Å²) in [5.74, 6) is 0. The summed E-state index contributed by atoms with van der Waals surface area (Å²) in [6.45, 7) is 2.49. The van der Waals surface area contributed by atoms with Crippen LogP contribution in [0.1, 0.15) is 24.5 Å². The maximum Gasteiger partial charge on any atom is 0.417 e. The molecule has 1 aliphatic heterocycles. The van der Waals surface area contributed by atoms with Crippen LogP contribution < -0.4 is 5.73 Å². The predicted molar refractivity (Wildman–Crippen MR) is 83.9 cm³/mol. The van der Waals surface area contributed by atoms with Crippen LogP contribution in [0.15, 0.2) is 23.1 Å². The molecule has 1 saturated heterocycles. The van der Waals surface area contributed by atoms with Crippen LogP contribution in [0.4, 0.5) is 13.2 Å². The van der Waals surface area contributed by atoms with Crippen molar-refractivity contribution in [2.45, 2.75) is 24.4 Å². The van der Waals surface area contributed by atoms with E-state index in [9.17, 15) is 21.6 Å². The largest absolute Gasteiger partial charge is 0.417 e. The maximum absolute atomic E-state index is 13.0. The van der Waals surface area contributed by atoms with E-state index < -0.39 is 32.2 Å². The summed E-state index contributed by atoms with van der Waals surface area (Å²) in [6.07, 6.45) is -4.25. The average molecular weight is 384 g/mol. The van der Waals surface area contributed by atoms with Crippen molar-refractivity contribution in [3.05, 3.63) is 29.3 Å². The highest BCUT2D eigenvalue weighted by atomic mass is 35.5. The molecule has 1 aliphatic rings. The van der Waals surface area contributed by atoms with Gasteiger partial charge in [-0.05, 0) is 36.6 Å². The number of nitrogens with zero attached hydrogens (tertiary/aromatic N) is 2. The number of hydrogen-bond acceptors (Lipinski definition) is 4. The van der Waals surface area contributed by atoms with Crippen molar-refractivity contribution in [2.75, 3.05) is 19.6 Å². The molecule has 0 saturated carbocycles. The molecule has 0 aliphatic carbocycles. The summed E-state index contributed by atoms with van der Waals surface area (Å²) in [7, 11) is -4.06. The number of benzene rings is 1. The second-order valence-corrected chi connectivity index (χ2v) is 7.86. The van der Waals surface area contributed by atoms with Crippen LogP contribution in [0.25, 0.3) is 0 Å². The first kappa shape index (κ1) is 20.7. The van der Waals surface area contributed by atoms with Crippen LogP contribution in [0, 0.1) is 16.7 Å². The molecule has 0 bridgehead atoms. The van der Waals surface area contributed by atoms with Crippen LogP contribution in [-0.2, 0) is 16.2 Å². The first-order chi connectivity index (χ1) is 10.5. The SMILES string of the molecule is CC1(CN)CCN(S(=O)(=O)c2ccc(C#N)c(C(F)(F)F)c2)C1.Cl. The summed E-state index contributed by atoms with van der Waals surface area (Å²) >= 11 is 0. The van der Waals surface area contributed by atoms with Gasteiger partial charge in [-0.15, -0.1) is 12.4 Å². The molecule has 1 aromatic rings. The number of hydrogen-bond donors (Lipinski definition) is 1. The zero-order valence-corrected chi connectivity index (χ0v) is 14.4. The van der Waals surface area contributed by atoms with Crippen molar-refractivity contribution in [2.24, 2.45) is 11.1 Å². The summed E-state index contributed by atoms with van der Waals surface area (Å²) in [6, 6.07) is 3.86. The Hall–Kier alpha value is -1.34. The number of nitriles is 1. The van der Waals surface area contributed by atoms with E-state index >= 15 is 0 Å². The molecule has 0 aromatic heterocycles. The zero-order valence-electron chi connectivity index (χ0n) is 12.8. The second-order valence-electron chi connectivity index (χ2n) is 5.92. The zero-order chi connectivity index (χ0) is 17.5. The third kappa shape index (κ3) is 3.83. The van der Waals surface area contributed by atoms with Gasteiger partial charge in [-0.3, -0.25) is 0 Å². The number of sulfonamides is 1. The van der Waals surface area contributed by atoms with Crippen LogP contribution in [-0.4, -0.2) is 32.4 Å². The number of halogens is 4. The highest BCUT2D eigenvalue weighted by Crippen LogP contribution is 2.36. The van der Waals surface area contributed by atoms with Gasteiger partial charge in [0.15, 0.2) is 0 Å². The van der Waals surface area contributed by atoms with Crippen molar-refractivity contribution in [3.8, 4) is 6.07 Å². The lowest BCUT2D eigenvalue weighted by atomic mass is 9.90. The van der Waals surface area contributed by atoms with E-state index in [-0.39, 0.29) is 30.9 Å². The van der Waals surface area contributed by atoms with Gasteiger partial charge >= 0.3 is 6.18 Å². The average Bonchev–Trinajstić information content (AvgIpc) is 2.89. The molecule has 1 atom stereocenters. The number of rotatable bonds is 3. The van der Waals surface area contributed by atoms with Gasteiger partial charge in [0.2, 0.25) is 10.0 Å². The van der Waals surface area contributed by atoms with E-state index in [4.69, 9.17) is 11.0 Å². The van der Waals surface area contributed by atoms with Crippen LogP contribution in [0.3, 0.4) is 0 Å². The molecule has 1 heterocycles. The minimum absolute atomic E-state index is 0. The van der Waals surface area contributed by atoms with E-state index in [0.29, 0.717) is 19.0 Å². The summed E-state index contributed by atoms with van der Waals surface area (Å²) in [5, 5.41) is 8.76. The fourth-order valence-corrected chi connectivity index (χ4v) is 4.13. The Labute approximate surface area is 144 Å². The lowest BCUT2D eigenvalue weighted by Gasteiger charge is -2.22. The van der Waals surface area contributed by atoms with Crippen molar-refractivity contribution in [1.82, 2.24) is 4.31 Å². The van der Waals surface area contributed by atoms with E-state index in [1.54, 1.807) is 0 Å². The molecule has 24 heavy (non-hydrogen) atoms. The first-order valence-electron chi connectivity index (χ1n) is 6.85. The molecule has 1 unspecified atom stereocenters. The normalized spacial score (nSPS) is 22.0. The Kier molecular flexibility index (Phi) is 5.93. The minimum atomic E-state index is -4.80. The van der Waals surface area contributed by atoms with Crippen LogP contribution >= 0.6 is 12.4 Å². The topological polar surface area (TPSA) is 87.2 Å². The standard InChI is InChI=1S/C14H16F3N3O2S.ClH/c1-13(8-19)4-5-20(9-13)23(21,22)11-3-2-10(7-18)12(6-11)14(15,16)17;/h2-3,6H,4-5,8-9,19H2,1H3;1H. The van der Waals surface area contributed by atoms with Crippen molar-refractivity contribution in [1.29, 1.82) is 5.26 Å². The lowest BCUT2D eigenvalue weighted by Crippen LogP contribution is -2.34. The Morgan fingerprint density at radius 2 is 2.04 bits per heavy atom. The fourth-order valence-electron chi connectivity index (χ4n) is 2.52. The van der Waals surface area contributed by atoms with E-state index in [0.717, 1.165) is 16.4 Å². The van der Waals surface area contributed by atoms with E-state index in [2.05, 4.69) is 0 Å². The third-order valence-corrected chi connectivity index (χ3v) is 5.91. The highest BCUT2D eigenvalue weighted by Gasteiger charge is 2.40. The Morgan fingerprint density at radius 3 is 2.50 bits per heavy atom. The molecule has 134 valence electrons. The van der Waals surface area contributed by atoms with Gasteiger partial charge in [-0.2, -0.15) is 22.7 Å². The van der Waals surface area contributed by atoms with Crippen LogP contribution in [0.2, 0.25) is 0 Å². The molecule has 0 spiro atoms. The predicted octanol–water partition coefficient (Wildman–Crippen LogP) is 2.36. The molecule has 0 amide bonds. The number of alkyl halides is 3. The summed E-state index contributed by atoms with van der Waals surface area (Å²) in [4.78, 5) is -0.468. The highest BCUT2D eigenvalue weighted by molar-refractivity contribution is 7.89. The van der Waals surface area contributed by atoms with Gasteiger partial charge in [0.25, 0.3) is 0 Å². The monoisotopic (exact) mass is 383 g/mol. The molecule has 0 radical (unpaired) electrons. The minimum Gasteiger partial charge on any atom is -0.330 e. The third-order valence-electron chi connectivity index (χ3n) is 4.07. The van der Waals surface area contributed by atoms with Crippen LogP contribution in [0.5, 0.6) is 0 Å². The van der Waals surface area contributed by atoms with Gasteiger partial charge in [0.1, 0.15) is 0 Å². The molecule has 2 N–H and O–H groups in total. The van der Waals surface area contributed by atoms with E-state index in [1.807, 2.05) is 6.92 Å². The molecular formula is C14H17ClF3N3O2S. The Morgan fingerprint density at radius 1 is 1.42 bits per heavy atom. The molecule has 10 heteroatoms. The van der Waals surface area contributed by atoms with Crippen molar-refractivity contribution in [3.63, 3.8) is 0 Å².